The number of imidazole rings is 1. The summed E-state index contributed by atoms with van der Waals surface area (Å²) in [5, 5.41) is 0.502. The van der Waals surface area contributed by atoms with Crippen molar-refractivity contribution < 1.29 is 9.13 Å². The zero-order valence-corrected chi connectivity index (χ0v) is 11.2. The molecule has 0 bridgehead atoms. The first-order chi connectivity index (χ1) is 9.25. The van der Waals surface area contributed by atoms with Crippen LogP contribution >= 0.6 is 11.6 Å². The Labute approximate surface area is 116 Å². The summed E-state index contributed by atoms with van der Waals surface area (Å²) in [6, 6.07) is 6.37. The molecule has 0 saturated carbocycles. The molecule has 3 rings (SSSR count). The first-order valence-electron chi connectivity index (χ1n) is 6.37. The number of nitrogens with zero attached hydrogens (tertiary/aromatic N) is 2. The molecule has 1 aromatic carbocycles. The molecular weight excluding hydrogens is 267 g/mol. The molecule has 3 nitrogen and oxygen atoms in total. The lowest BCUT2D eigenvalue weighted by Gasteiger charge is -2.15. The van der Waals surface area contributed by atoms with E-state index < -0.39 is 0 Å². The summed E-state index contributed by atoms with van der Waals surface area (Å²) >= 11 is 6.10. The average Bonchev–Trinajstić information content (AvgIpc) is 2.75. The largest absolute Gasteiger partial charge is 0.484 e. The van der Waals surface area contributed by atoms with E-state index in [0.717, 1.165) is 37.2 Å². The van der Waals surface area contributed by atoms with Gasteiger partial charge in [-0.2, -0.15) is 0 Å². The standard InChI is InChI=1S/C14H14ClFN2O/c15-14-17-11(12-6-3-4-8-18(12)14)9-19-13-7-2-1-5-10(13)16/h1-2,5,7H,3-4,6,8-9H2. The van der Waals surface area contributed by atoms with E-state index >= 15 is 0 Å². The van der Waals surface area contributed by atoms with E-state index in [0.29, 0.717) is 5.28 Å². The van der Waals surface area contributed by atoms with Gasteiger partial charge in [0.05, 0.1) is 0 Å². The molecule has 0 saturated heterocycles. The third-order valence-electron chi connectivity index (χ3n) is 3.36. The molecule has 1 aromatic heterocycles. The highest BCUT2D eigenvalue weighted by Gasteiger charge is 2.19. The number of hydrogen-bond acceptors (Lipinski definition) is 2. The molecule has 0 unspecified atom stereocenters. The zero-order chi connectivity index (χ0) is 13.2. The summed E-state index contributed by atoms with van der Waals surface area (Å²) in [6.07, 6.45) is 3.21. The summed E-state index contributed by atoms with van der Waals surface area (Å²) < 4.78 is 21.0. The number of rotatable bonds is 3. The van der Waals surface area contributed by atoms with E-state index in [1.807, 2.05) is 4.57 Å². The van der Waals surface area contributed by atoms with Crippen molar-refractivity contribution in [1.29, 1.82) is 0 Å². The summed E-state index contributed by atoms with van der Waals surface area (Å²) in [7, 11) is 0. The van der Waals surface area contributed by atoms with Gasteiger partial charge in [0, 0.05) is 12.2 Å². The van der Waals surface area contributed by atoms with Crippen LogP contribution in [0.2, 0.25) is 5.28 Å². The monoisotopic (exact) mass is 280 g/mol. The normalized spacial score (nSPS) is 14.2. The second-order valence-electron chi connectivity index (χ2n) is 4.60. The van der Waals surface area contributed by atoms with Crippen LogP contribution in [0.4, 0.5) is 4.39 Å². The van der Waals surface area contributed by atoms with E-state index in [-0.39, 0.29) is 18.2 Å². The van der Waals surface area contributed by atoms with Gasteiger partial charge in [-0.3, -0.25) is 0 Å². The Morgan fingerprint density at radius 2 is 2.16 bits per heavy atom. The van der Waals surface area contributed by atoms with Gasteiger partial charge in [-0.15, -0.1) is 0 Å². The Morgan fingerprint density at radius 1 is 1.32 bits per heavy atom. The SMILES string of the molecule is Fc1ccccc1OCc1nc(Cl)n2c1CCCC2. The minimum absolute atomic E-state index is 0.246. The fourth-order valence-electron chi connectivity index (χ4n) is 2.40. The molecule has 0 amide bonds. The topological polar surface area (TPSA) is 27.1 Å². The second kappa shape index (κ2) is 5.21. The molecule has 2 heterocycles. The molecule has 0 radical (unpaired) electrons. The molecule has 5 heteroatoms. The molecular formula is C14H14ClFN2O. The molecule has 2 aromatic rings. The van der Waals surface area contributed by atoms with E-state index in [4.69, 9.17) is 16.3 Å². The quantitative estimate of drug-likeness (QED) is 0.859. The van der Waals surface area contributed by atoms with Crippen molar-refractivity contribution in [2.45, 2.75) is 32.4 Å². The Kier molecular flexibility index (Phi) is 3.42. The van der Waals surface area contributed by atoms with Gasteiger partial charge in [-0.1, -0.05) is 12.1 Å². The van der Waals surface area contributed by atoms with Gasteiger partial charge < -0.3 is 9.30 Å². The number of fused-ring (bicyclic) bond motifs is 1. The van der Waals surface area contributed by atoms with Crippen LogP contribution in [0.15, 0.2) is 24.3 Å². The minimum atomic E-state index is -0.360. The number of ether oxygens (including phenoxy) is 1. The lowest BCUT2D eigenvalue weighted by molar-refractivity contribution is 0.284. The molecule has 1 aliphatic rings. The molecule has 0 atom stereocenters. The first kappa shape index (κ1) is 12.5. The van der Waals surface area contributed by atoms with Crippen LogP contribution in [0.5, 0.6) is 5.75 Å². The number of benzene rings is 1. The first-order valence-corrected chi connectivity index (χ1v) is 6.74. The highest BCUT2D eigenvalue weighted by atomic mass is 35.5. The molecule has 0 N–H and O–H groups in total. The Bertz CT molecular complexity index is 597. The second-order valence-corrected chi connectivity index (χ2v) is 4.94. The third-order valence-corrected chi connectivity index (χ3v) is 3.64. The van der Waals surface area contributed by atoms with Gasteiger partial charge in [0.15, 0.2) is 11.6 Å². The van der Waals surface area contributed by atoms with Crippen molar-refractivity contribution >= 4 is 11.6 Å². The molecule has 0 spiro atoms. The van der Waals surface area contributed by atoms with E-state index in [1.54, 1.807) is 18.2 Å². The van der Waals surface area contributed by atoms with Gasteiger partial charge in [-0.25, -0.2) is 9.37 Å². The maximum Gasteiger partial charge on any atom is 0.203 e. The minimum Gasteiger partial charge on any atom is -0.484 e. The molecule has 19 heavy (non-hydrogen) atoms. The predicted octanol–water partition coefficient (Wildman–Crippen LogP) is 3.59. The van der Waals surface area contributed by atoms with Gasteiger partial charge in [0.1, 0.15) is 12.3 Å². The molecule has 100 valence electrons. The third kappa shape index (κ3) is 2.45. The van der Waals surface area contributed by atoms with Crippen molar-refractivity contribution in [2.75, 3.05) is 0 Å². The van der Waals surface area contributed by atoms with Crippen LogP contribution in [-0.4, -0.2) is 9.55 Å². The van der Waals surface area contributed by atoms with Crippen LogP contribution in [0.1, 0.15) is 24.2 Å². The molecule has 0 aliphatic carbocycles. The fourth-order valence-corrected chi connectivity index (χ4v) is 2.68. The smallest absolute Gasteiger partial charge is 0.203 e. The van der Waals surface area contributed by atoms with Crippen LogP contribution in [0, 0.1) is 5.82 Å². The van der Waals surface area contributed by atoms with Gasteiger partial charge in [0.2, 0.25) is 5.28 Å². The highest BCUT2D eigenvalue weighted by molar-refractivity contribution is 6.28. The van der Waals surface area contributed by atoms with Gasteiger partial charge in [0.25, 0.3) is 0 Å². The van der Waals surface area contributed by atoms with E-state index in [1.165, 1.54) is 6.07 Å². The zero-order valence-electron chi connectivity index (χ0n) is 10.4. The van der Waals surface area contributed by atoms with Gasteiger partial charge in [-0.05, 0) is 43.0 Å². The average molecular weight is 281 g/mol. The van der Waals surface area contributed by atoms with Crippen molar-refractivity contribution in [2.24, 2.45) is 0 Å². The Hall–Kier alpha value is -1.55. The Balaban J connectivity index is 1.79. The summed E-state index contributed by atoms with van der Waals surface area (Å²) in [6.45, 7) is 1.16. The van der Waals surface area contributed by atoms with E-state index in [9.17, 15) is 4.39 Å². The maximum atomic E-state index is 13.5. The Morgan fingerprint density at radius 3 is 3.00 bits per heavy atom. The van der Waals surface area contributed by atoms with Crippen molar-refractivity contribution in [3.05, 3.63) is 46.8 Å². The number of hydrogen-bond donors (Lipinski definition) is 0. The van der Waals surface area contributed by atoms with Crippen LogP contribution < -0.4 is 4.74 Å². The fraction of sp³-hybridized carbons (Fsp3) is 0.357. The maximum absolute atomic E-state index is 13.5. The summed E-state index contributed by atoms with van der Waals surface area (Å²) in [5.74, 6) is -0.113. The van der Waals surface area contributed by atoms with Crippen LogP contribution in [0.25, 0.3) is 0 Å². The molecule has 1 aliphatic heterocycles. The summed E-state index contributed by atoms with van der Waals surface area (Å²) in [4.78, 5) is 4.32. The summed E-state index contributed by atoms with van der Waals surface area (Å²) in [5.41, 5.74) is 1.93. The van der Waals surface area contributed by atoms with Crippen molar-refractivity contribution in [3.63, 3.8) is 0 Å². The number of aromatic nitrogens is 2. The van der Waals surface area contributed by atoms with Crippen molar-refractivity contribution in [1.82, 2.24) is 9.55 Å². The van der Waals surface area contributed by atoms with Crippen molar-refractivity contribution in [3.8, 4) is 5.75 Å². The van der Waals surface area contributed by atoms with Crippen LogP contribution in [-0.2, 0) is 19.6 Å². The number of para-hydroxylation sites is 1. The lowest BCUT2D eigenvalue weighted by Crippen LogP contribution is -2.12. The van der Waals surface area contributed by atoms with E-state index in [2.05, 4.69) is 4.98 Å². The van der Waals surface area contributed by atoms with Crippen LogP contribution in [0.3, 0.4) is 0 Å². The number of halogens is 2. The predicted molar refractivity (Wildman–Crippen MR) is 70.9 cm³/mol. The van der Waals surface area contributed by atoms with Gasteiger partial charge >= 0.3 is 0 Å². The molecule has 0 fully saturated rings. The lowest BCUT2D eigenvalue weighted by atomic mass is 10.1. The highest BCUT2D eigenvalue weighted by Crippen LogP contribution is 2.25.